The summed E-state index contributed by atoms with van der Waals surface area (Å²) in [6, 6.07) is 5.95. The summed E-state index contributed by atoms with van der Waals surface area (Å²) in [5.74, 6) is -4.21. The first kappa shape index (κ1) is 26.2. The van der Waals surface area contributed by atoms with E-state index >= 15 is 0 Å². The van der Waals surface area contributed by atoms with Gasteiger partial charge in [-0.15, -0.1) is 0 Å². The van der Waals surface area contributed by atoms with Crippen molar-refractivity contribution in [2.45, 2.75) is 31.7 Å². The molecule has 2 rings (SSSR count). The summed E-state index contributed by atoms with van der Waals surface area (Å²) in [5, 5.41) is 4.90. The number of nitrogens with one attached hydrogen (secondary N) is 2. The third kappa shape index (κ3) is 6.05. The molecule has 2 aromatic rings. The van der Waals surface area contributed by atoms with Gasteiger partial charge in [0.1, 0.15) is 33.9 Å². The fourth-order valence-electron chi connectivity index (χ4n) is 2.94. The first-order valence-electron chi connectivity index (χ1n) is 10.1. The van der Waals surface area contributed by atoms with Crippen LogP contribution in [-0.4, -0.2) is 51.3 Å². The number of amides is 2. The fraction of sp³-hybridized carbons (Fsp3) is 0.364. The Morgan fingerprint density at radius 3 is 2.21 bits per heavy atom. The number of carbonyl (C=O) groups excluding carboxylic acids is 2. The second-order valence-corrected chi connectivity index (χ2v) is 9.78. The lowest BCUT2D eigenvalue weighted by atomic mass is 10.0. The van der Waals surface area contributed by atoms with Gasteiger partial charge >= 0.3 is 0 Å². The number of sulfonamides is 1. The molecule has 0 unspecified atom stereocenters. The van der Waals surface area contributed by atoms with Crippen LogP contribution in [0.15, 0.2) is 41.3 Å². The van der Waals surface area contributed by atoms with E-state index in [0.717, 1.165) is 22.5 Å². The zero-order chi connectivity index (χ0) is 24.9. The number of rotatable bonds is 9. The lowest BCUT2D eigenvalue weighted by Gasteiger charge is -2.22. The van der Waals surface area contributed by atoms with Gasteiger partial charge in [-0.05, 0) is 43.2 Å². The van der Waals surface area contributed by atoms with Crippen LogP contribution in [0.5, 0.6) is 5.75 Å². The minimum absolute atomic E-state index is 0.118. The van der Waals surface area contributed by atoms with Gasteiger partial charge in [0.2, 0.25) is 15.9 Å². The number of ether oxygens (including phenoxy) is 1. The van der Waals surface area contributed by atoms with E-state index in [1.54, 1.807) is 20.8 Å². The van der Waals surface area contributed by atoms with Crippen LogP contribution < -0.4 is 15.4 Å². The first-order chi connectivity index (χ1) is 15.4. The molecule has 0 aliphatic carbocycles. The highest BCUT2D eigenvalue weighted by Gasteiger charge is 2.28. The van der Waals surface area contributed by atoms with Crippen molar-refractivity contribution in [1.82, 2.24) is 9.62 Å². The third-order valence-electron chi connectivity index (χ3n) is 4.70. The van der Waals surface area contributed by atoms with E-state index in [4.69, 9.17) is 4.74 Å². The van der Waals surface area contributed by atoms with Crippen molar-refractivity contribution in [2.24, 2.45) is 5.92 Å². The van der Waals surface area contributed by atoms with E-state index in [1.807, 2.05) is 0 Å². The molecule has 0 aliphatic rings. The first-order valence-corrected chi connectivity index (χ1v) is 11.6. The van der Waals surface area contributed by atoms with E-state index < -0.39 is 51.0 Å². The maximum absolute atomic E-state index is 13.9. The Morgan fingerprint density at radius 2 is 1.70 bits per heavy atom. The molecule has 0 saturated heterocycles. The fourth-order valence-corrected chi connectivity index (χ4v) is 3.99. The average molecular weight is 484 g/mol. The maximum Gasteiger partial charge on any atom is 0.257 e. The molecule has 0 saturated carbocycles. The molecule has 0 spiro atoms. The van der Waals surface area contributed by atoms with Crippen LogP contribution in [0.3, 0.4) is 0 Å². The monoisotopic (exact) mass is 483 g/mol. The van der Waals surface area contributed by atoms with Gasteiger partial charge in [0.15, 0.2) is 0 Å². The summed E-state index contributed by atoms with van der Waals surface area (Å²) in [5.41, 5.74) is -0.655. The molecule has 0 fully saturated rings. The molecule has 0 aromatic heterocycles. The Kier molecular flexibility index (Phi) is 8.51. The molecule has 1 atom stereocenters. The average Bonchev–Trinajstić information content (AvgIpc) is 2.72. The van der Waals surface area contributed by atoms with Crippen molar-refractivity contribution in [3.05, 3.63) is 53.6 Å². The summed E-state index contributed by atoms with van der Waals surface area (Å²) in [7, 11) is -1.16. The van der Waals surface area contributed by atoms with E-state index in [-0.39, 0.29) is 22.9 Å². The quantitative estimate of drug-likeness (QED) is 0.571. The zero-order valence-corrected chi connectivity index (χ0v) is 19.8. The molecule has 0 heterocycles. The van der Waals surface area contributed by atoms with Crippen LogP contribution in [0, 0.1) is 17.6 Å². The second kappa shape index (κ2) is 10.7. The molecular formula is C22H27F2N3O5S. The number of hydrogen-bond donors (Lipinski definition) is 2. The highest BCUT2D eigenvalue weighted by atomic mass is 32.2. The smallest absolute Gasteiger partial charge is 0.257 e. The van der Waals surface area contributed by atoms with Crippen molar-refractivity contribution >= 4 is 27.5 Å². The predicted octanol–water partition coefficient (Wildman–Crippen LogP) is 3.01. The van der Waals surface area contributed by atoms with Gasteiger partial charge in [-0.1, -0.05) is 19.9 Å². The normalized spacial score (nSPS) is 12.5. The van der Waals surface area contributed by atoms with Crippen molar-refractivity contribution in [2.75, 3.05) is 26.0 Å². The molecule has 2 amide bonds. The van der Waals surface area contributed by atoms with Gasteiger partial charge in [0.05, 0.1) is 6.61 Å². The summed E-state index contributed by atoms with van der Waals surface area (Å²) < 4.78 is 59.7. The molecule has 2 aromatic carbocycles. The van der Waals surface area contributed by atoms with Crippen molar-refractivity contribution in [3.8, 4) is 5.75 Å². The van der Waals surface area contributed by atoms with Crippen LogP contribution in [0.2, 0.25) is 0 Å². The van der Waals surface area contributed by atoms with Crippen molar-refractivity contribution in [1.29, 1.82) is 0 Å². The Balaban J connectivity index is 2.33. The van der Waals surface area contributed by atoms with Gasteiger partial charge in [0.25, 0.3) is 5.91 Å². The minimum Gasteiger partial charge on any atom is -0.492 e. The minimum atomic E-state index is -3.89. The Bertz CT molecular complexity index is 1120. The highest BCUT2D eigenvalue weighted by Crippen LogP contribution is 2.29. The number of carbonyl (C=O) groups is 2. The van der Waals surface area contributed by atoms with Crippen LogP contribution >= 0.6 is 0 Å². The predicted molar refractivity (Wildman–Crippen MR) is 120 cm³/mol. The van der Waals surface area contributed by atoms with Crippen molar-refractivity contribution in [3.63, 3.8) is 0 Å². The standard InChI is InChI=1S/C22H27F2N3O5S/c1-6-32-17-11-10-14(12-18(17)33(30,31)27(4)5)25-22(29)20(13(2)3)26-21(28)19-15(23)8-7-9-16(19)24/h7-13,20H,6H2,1-5H3,(H,25,29)(H,26,28)/t20-/m0/s1. The highest BCUT2D eigenvalue weighted by molar-refractivity contribution is 7.89. The molecule has 0 radical (unpaired) electrons. The molecule has 8 nitrogen and oxygen atoms in total. The van der Waals surface area contributed by atoms with Gasteiger partial charge in [-0.25, -0.2) is 21.5 Å². The molecule has 2 N–H and O–H groups in total. The van der Waals surface area contributed by atoms with Crippen LogP contribution in [0.4, 0.5) is 14.5 Å². The maximum atomic E-state index is 13.9. The Labute approximate surface area is 192 Å². The van der Waals surface area contributed by atoms with Gasteiger partial charge in [0, 0.05) is 19.8 Å². The molecule has 0 aliphatic heterocycles. The summed E-state index contributed by atoms with van der Waals surface area (Å²) in [4.78, 5) is 25.2. The number of anilines is 1. The van der Waals surface area contributed by atoms with E-state index in [1.165, 1.54) is 32.3 Å². The van der Waals surface area contributed by atoms with Crippen LogP contribution in [0.1, 0.15) is 31.1 Å². The topological polar surface area (TPSA) is 105 Å². The zero-order valence-electron chi connectivity index (χ0n) is 19.0. The number of benzene rings is 2. The molecule has 11 heteroatoms. The van der Waals surface area contributed by atoms with E-state index in [9.17, 15) is 26.8 Å². The second-order valence-electron chi connectivity index (χ2n) is 7.66. The SMILES string of the molecule is CCOc1ccc(NC(=O)[C@@H](NC(=O)c2c(F)cccc2F)C(C)C)cc1S(=O)(=O)N(C)C. The molecule has 180 valence electrons. The Morgan fingerprint density at radius 1 is 1.09 bits per heavy atom. The summed E-state index contributed by atoms with van der Waals surface area (Å²) in [6.07, 6.45) is 0. The van der Waals surface area contributed by atoms with Gasteiger partial charge < -0.3 is 15.4 Å². The largest absolute Gasteiger partial charge is 0.492 e. The van der Waals surface area contributed by atoms with Crippen LogP contribution in [0.25, 0.3) is 0 Å². The third-order valence-corrected chi connectivity index (χ3v) is 6.53. The van der Waals surface area contributed by atoms with Gasteiger partial charge in [-0.3, -0.25) is 9.59 Å². The molecular weight excluding hydrogens is 456 g/mol. The van der Waals surface area contributed by atoms with E-state index in [0.29, 0.717) is 0 Å². The lowest BCUT2D eigenvalue weighted by Crippen LogP contribution is -2.47. The number of halogens is 2. The molecule has 0 bridgehead atoms. The summed E-state index contributed by atoms with van der Waals surface area (Å²) >= 11 is 0. The number of hydrogen-bond acceptors (Lipinski definition) is 5. The van der Waals surface area contributed by atoms with Gasteiger partial charge in [-0.2, -0.15) is 0 Å². The Hall–Kier alpha value is -3.05. The molecule has 33 heavy (non-hydrogen) atoms. The summed E-state index contributed by atoms with van der Waals surface area (Å²) in [6.45, 7) is 5.22. The van der Waals surface area contributed by atoms with Crippen LogP contribution in [-0.2, 0) is 14.8 Å². The lowest BCUT2D eigenvalue weighted by molar-refractivity contribution is -0.118. The van der Waals surface area contributed by atoms with E-state index in [2.05, 4.69) is 10.6 Å². The van der Waals surface area contributed by atoms with Crippen molar-refractivity contribution < 1.29 is 31.5 Å². The number of nitrogens with zero attached hydrogens (tertiary/aromatic N) is 1.